The molecule has 2 heterocycles. The minimum absolute atomic E-state index is 0.0987. The topological polar surface area (TPSA) is 69.0 Å². The molecule has 0 radical (unpaired) electrons. The second-order valence-electron chi connectivity index (χ2n) is 6.01. The maximum Gasteiger partial charge on any atom is 0.251 e. The Morgan fingerprint density at radius 3 is 2.92 bits per heavy atom. The van der Waals surface area contributed by atoms with Crippen LogP contribution in [0.15, 0.2) is 36.0 Å². The van der Waals surface area contributed by atoms with Gasteiger partial charge in [0.05, 0.1) is 12.6 Å². The number of methoxy groups -OCH3 is 1. The Morgan fingerprint density at radius 2 is 2.25 bits per heavy atom. The van der Waals surface area contributed by atoms with Crippen molar-refractivity contribution in [1.82, 2.24) is 14.8 Å². The van der Waals surface area contributed by atoms with E-state index in [2.05, 4.69) is 29.2 Å². The molecule has 6 nitrogen and oxygen atoms in total. The second-order valence-corrected chi connectivity index (χ2v) is 6.90. The van der Waals surface area contributed by atoms with E-state index in [1.54, 1.807) is 18.0 Å². The van der Waals surface area contributed by atoms with Crippen LogP contribution in [0.1, 0.15) is 26.3 Å². The smallest absolute Gasteiger partial charge is 0.251 e. The number of rotatable bonds is 6. The van der Waals surface area contributed by atoms with Crippen molar-refractivity contribution in [3.8, 4) is 5.75 Å². The quantitative estimate of drug-likeness (QED) is 0.740. The summed E-state index contributed by atoms with van der Waals surface area (Å²) in [5.41, 5.74) is 0.839. The number of hydrogen-bond donors (Lipinski definition) is 1. The fourth-order valence-electron chi connectivity index (χ4n) is 2.57. The molecule has 3 aromatic rings. The predicted octanol–water partition coefficient (Wildman–Crippen LogP) is 3.73. The molecule has 2 aromatic heterocycles. The van der Waals surface area contributed by atoms with Crippen LogP contribution in [0.2, 0.25) is 0 Å². The fraction of sp³-hybridized carbons (Fsp3) is 0.353. The summed E-state index contributed by atoms with van der Waals surface area (Å²) in [7, 11) is 1.63. The highest BCUT2D eigenvalue weighted by Crippen LogP contribution is 2.25. The van der Waals surface area contributed by atoms with Gasteiger partial charge in [-0.05, 0) is 30.5 Å². The Labute approximate surface area is 144 Å². The van der Waals surface area contributed by atoms with Gasteiger partial charge < -0.3 is 10.1 Å². The standard InChI is InChI=1S/C17H20N4O2S/c1-11(2)8-15(16(22)19-17-18-6-7-24-17)21-10-12-9-13(23-3)4-5-14(12)20-21/h4-7,9-11,15H,8H2,1-3H3,(H,18,19,22). The summed E-state index contributed by atoms with van der Waals surface area (Å²) in [6, 6.07) is 5.30. The van der Waals surface area contributed by atoms with Crippen molar-refractivity contribution in [3.05, 3.63) is 36.0 Å². The third kappa shape index (κ3) is 3.56. The molecule has 7 heteroatoms. The normalized spacial score (nSPS) is 12.5. The molecule has 3 rings (SSSR count). The molecule has 0 aliphatic rings. The van der Waals surface area contributed by atoms with Crippen LogP contribution in [0, 0.1) is 5.92 Å². The highest BCUT2D eigenvalue weighted by Gasteiger charge is 2.23. The van der Waals surface area contributed by atoms with Gasteiger partial charge in [0, 0.05) is 23.2 Å². The zero-order valence-corrected chi connectivity index (χ0v) is 14.7. The highest BCUT2D eigenvalue weighted by atomic mass is 32.1. The molecule has 24 heavy (non-hydrogen) atoms. The molecule has 0 spiro atoms. The van der Waals surface area contributed by atoms with Gasteiger partial charge in [0.15, 0.2) is 5.13 Å². The number of fused-ring (bicyclic) bond motifs is 1. The van der Waals surface area contributed by atoms with Gasteiger partial charge in [-0.2, -0.15) is 5.10 Å². The number of nitrogens with zero attached hydrogens (tertiary/aromatic N) is 3. The van der Waals surface area contributed by atoms with Gasteiger partial charge >= 0.3 is 0 Å². The van der Waals surface area contributed by atoms with E-state index < -0.39 is 0 Å². The van der Waals surface area contributed by atoms with Gasteiger partial charge in [-0.3, -0.25) is 9.48 Å². The van der Waals surface area contributed by atoms with Gasteiger partial charge in [-0.25, -0.2) is 4.98 Å². The number of amides is 1. The lowest BCUT2D eigenvalue weighted by Crippen LogP contribution is -2.27. The van der Waals surface area contributed by atoms with E-state index >= 15 is 0 Å². The van der Waals surface area contributed by atoms with Gasteiger partial charge in [0.25, 0.3) is 5.91 Å². The minimum atomic E-state index is -0.382. The first kappa shape index (κ1) is 16.4. The highest BCUT2D eigenvalue weighted by molar-refractivity contribution is 7.13. The monoisotopic (exact) mass is 344 g/mol. The van der Waals surface area contributed by atoms with Crippen LogP contribution in [0.25, 0.3) is 10.9 Å². The molecule has 0 fully saturated rings. The Bertz CT molecular complexity index is 826. The molecule has 0 aliphatic heterocycles. The van der Waals surface area contributed by atoms with Gasteiger partial charge in [-0.15, -0.1) is 11.3 Å². The van der Waals surface area contributed by atoms with Crippen LogP contribution in [-0.4, -0.2) is 27.8 Å². The van der Waals surface area contributed by atoms with E-state index in [0.29, 0.717) is 17.5 Å². The average Bonchev–Trinajstić information content (AvgIpc) is 3.20. The Balaban J connectivity index is 1.91. The number of anilines is 1. The van der Waals surface area contributed by atoms with Gasteiger partial charge in [0.1, 0.15) is 11.8 Å². The lowest BCUT2D eigenvalue weighted by atomic mass is 10.0. The Kier molecular flexibility index (Phi) is 4.80. The number of aromatic nitrogens is 3. The van der Waals surface area contributed by atoms with Crippen LogP contribution in [0.3, 0.4) is 0 Å². The molecule has 126 valence electrons. The molecule has 1 atom stereocenters. The number of carbonyl (C=O) groups is 1. The molecule has 0 aliphatic carbocycles. The van der Waals surface area contributed by atoms with E-state index in [9.17, 15) is 4.79 Å². The summed E-state index contributed by atoms with van der Waals surface area (Å²) in [6.45, 7) is 4.19. The van der Waals surface area contributed by atoms with E-state index in [0.717, 1.165) is 16.7 Å². The average molecular weight is 344 g/mol. The molecule has 0 saturated carbocycles. The van der Waals surface area contributed by atoms with Crippen molar-refractivity contribution in [1.29, 1.82) is 0 Å². The molecule has 1 amide bonds. The van der Waals surface area contributed by atoms with Crippen molar-refractivity contribution in [2.75, 3.05) is 12.4 Å². The Morgan fingerprint density at radius 1 is 1.42 bits per heavy atom. The first-order valence-electron chi connectivity index (χ1n) is 7.80. The number of ether oxygens (including phenoxy) is 1. The predicted molar refractivity (Wildman–Crippen MR) is 95.5 cm³/mol. The third-order valence-electron chi connectivity index (χ3n) is 3.71. The lowest BCUT2D eigenvalue weighted by Gasteiger charge is -2.18. The molecule has 1 unspecified atom stereocenters. The largest absolute Gasteiger partial charge is 0.497 e. The van der Waals surface area contributed by atoms with Crippen molar-refractivity contribution >= 4 is 33.3 Å². The van der Waals surface area contributed by atoms with Crippen molar-refractivity contribution < 1.29 is 9.53 Å². The van der Waals surface area contributed by atoms with Crippen molar-refractivity contribution in [2.24, 2.45) is 5.92 Å². The Hall–Kier alpha value is -2.41. The molecule has 1 aromatic carbocycles. The van der Waals surface area contributed by atoms with Crippen LogP contribution in [-0.2, 0) is 4.79 Å². The van der Waals surface area contributed by atoms with Gasteiger partial charge in [-0.1, -0.05) is 13.8 Å². The maximum absolute atomic E-state index is 12.7. The summed E-state index contributed by atoms with van der Waals surface area (Å²) in [5.74, 6) is 1.03. The number of carbonyl (C=O) groups excluding carboxylic acids is 1. The van der Waals surface area contributed by atoms with E-state index in [1.165, 1.54) is 11.3 Å². The van der Waals surface area contributed by atoms with E-state index in [4.69, 9.17) is 4.74 Å². The van der Waals surface area contributed by atoms with E-state index in [1.807, 2.05) is 29.8 Å². The summed E-state index contributed by atoms with van der Waals surface area (Å²) in [5, 5.41) is 10.8. The molecular formula is C17H20N4O2S. The first-order chi connectivity index (χ1) is 11.6. The minimum Gasteiger partial charge on any atom is -0.497 e. The van der Waals surface area contributed by atoms with Crippen LogP contribution in [0.4, 0.5) is 5.13 Å². The molecule has 1 N–H and O–H groups in total. The zero-order valence-electron chi connectivity index (χ0n) is 13.9. The number of benzene rings is 1. The lowest BCUT2D eigenvalue weighted by molar-refractivity contribution is -0.120. The van der Waals surface area contributed by atoms with Crippen LogP contribution in [0.5, 0.6) is 5.75 Å². The SMILES string of the molecule is COc1ccc2nn(C(CC(C)C)C(=O)Nc3nccs3)cc2c1. The molecular weight excluding hydrogens is 324 g/mol. The van der Waals surface area contributed by atoms with E-state index in [-0.39, 0.29) is 11.9 Å². The number of nitrogens with one attached hydrogen (secondary N) is 1. The zero-order chi connectivity index (χ0) is 17.1. The summed E-state index contributed by atoms with van der Waals surface area (Å²) < 4.78 is 6.99. The van der Waals surface area contributed by atoms with Crippen LogP contribution < -0.4 is 10.1 Å². The first-order valence-corrected chi connectivity index (χ1v) is 8.68. The van der Waals surface area contributed by atoms with Crippen molar-refractivity contribution in [3.63, 3.8) is 0 Å². The molecule has 0 bridgehead atoms. The third-order valence-corrected chi connectivity index (χ3v) is 4.40. The number of thiazole rings is 1. The summed E-state index contributed by atoms with van der Waals surface area (Å²) in [4.78, 5) is 16.8. The second kappa shape index (κ2) is 7.00. The molecule has 0 saturated heterocycles. The summed E-state index contributed by atoms with van der Waals surface area (Å²) >= 11 is 1.40. The van der Waals surface area contributed by atoms with Crippen molar-refractivity contribution in [2.45, 2.75) is 26.3 Å². The fourth-order valence-corrected chi connectivity index (χ4v) is 3.10. The van der Waals surface area contributed by atoms with Crippen LogP contribution >= 0.6 is 11.3 Å². The number of hydrogen-bond acceptors (Lipinski definition) is 5. The maximum atomic E-state index is 12.7. The summed E-state index contributed by atoms with van der Waals surface area (Å²) in [6.07, 6.45) is 4.26. The van der Waals surface area contributed by atoms with Gasteiger partial charge in [0.2, 0.25) is 0 Å².